The van der Waals surface area contributed by atoms with Crippen LogP contribution in [0.3, 0.4) is 0 Å². The van der Waals surface area contributed by atoms with E-state index in [0.717, 1.165) is 24.4 Å². The van der Waals surface area contributed by atoms with Gasteiger partial charge in [-0.2, -0.15) is 13.2 Å². The Labute approximate surface area is 240 Å². The van der Waals surface area contributed by atoms with Gasteiger partial charge in [0.2, 0.25) is 5.91 Å². The highest BCUT2D eigenvalue weighted by molar-refractivity contribution is 6.10. The van der Waals surface area contributed by atoms with Crippen molar-refractivity contribution in [1.29, 1.82) is 0 Å². The first-order valence-electron chi connectivity index (χ1n) is 12.8. The molecule has 1 N–H and O–H groups in total. The van der Waals surface area contributed by atoms with Crippen molar-refractivity contribution in [2.45, 2.75) is 25.5 Å². The first kappa shape index (κ1) is 29.7. The van der Waals surface area contributed by atoms with E-state index in [9.17, 15) is 40.7 Å². The van der Waals surface area contributed by atoms with Crippen LogP contribution in [0.4, 0.5) is 32.0 Å². The van der Waals surface area contributed by atoms with Crippen LogP contribution in [0.1, 0.15) is 21.6 Å². The number of carbonyl (C=O) groups excluding carboxylic acids is 3. The highest BCUT2D eigenvalue weighted by atomic mass is 19.4. The number of piperazine rings is 1. The van der Waals surface area contributed by atoms with Crippen molar-refractivity contribution in [1.82, 2.24) is 14.8 Å². The molecule has 0 spiro atoms. The number of carbonyl (C=O) groups is 3. The van der Waals surface area contributed by atoms with Crippen LogP contribution in [0, 0.1) is 6.92 Å². The number of amides is 3. The third kappa shape index (κ3) is 6.49. The molecule has 0 bridgehead atoms. The normalized spacial score (nSPS) is 17.0. The van der Waals surface area contributed by atoms with Gasteiger partial charge in [0.25, 0.3) is 11.8 Å². The van der Waals surface area contributed by atoms with Crippen LogP contribution >= 0.6 is 0 Å². The SMILES string of the molecule is Cc1cc(OC(F)(F)F)ccc1OCC(=O)N1CCN2C(=O)c3cc(-c4ccnc(C(F)(F)F)c4)ccc3NC(=O)C2C1. The van der Waals surface area contributed by atoms with E-state index in [0.29, 0.717) is 11.1 Å². The molecule has 1 unspecified atom stereocenters. The molecule has 226 valence electrons. The van der Waals surface area contributed by atoms with E-state index in [1.807, 2.05) is 0 Å². The largest absolute Gasteiger partial charge is 0.573 e. The molecule has 9 nitrogen and oxygen atoms in total. The number of alkyl halides is 6. The highest BCUT2D eigenvalue weighted by Gasteiger charge is 2.41. The van der Waals surface area contributed by atoms with Crippen LogP contribution in [-0.2, 0) is 15.8 Å². The van der Waals surface area contributed by atoms with Crippen molar-refractivity contribution in [3.05, 3.63) is 71.5 Å². The molecule has 2 aliphatic rings. The number of aryl methyl sites for hydroxylation is 1. The van der Waals surface area contributed by atoms with Gasteiger partial charge in [0.05, 0.1) is 17.8 Å². The van der Waals surface area contributed by atoms with E-state index in [1.54, 1.807) is 0 Å². The molecule has 0 saturated carbocycles. The average Bonchev–Trinajstić information content (AvgIpc) is 3.04. The summed E-state index contributed by atoms with van der Waals surface area (Å²) in [5.41, 5.74) is -0.0491. The van der Waals surface area contributed by atoms with E-state index in [4.69, 9.17) is 4.74 Å². The average molecular weight is 608 g/mol. The Balaban J connectivity index is 1.27. The summed E-state index contributed by atoms with van der Waals surface area (Å²) >= 11 is 0. The molecule has 1 atom stereocenters. The fourth-order valence-corrected chi connectivity index (χ4v) is 4.83. The zero-order valence-corrected chi connectivity index (χ0v) is 22.3. The van der Waals surface area contributed by atoms with Gasteiger partial charge in [0.15, 0.2) is 6.61 Å². The van der Waals surface area contributed by atoms with Crippen LogP contribution in [0.25, 0.3) is 11.1 Å². The van der Waals surface area contributed by atoms with Crippen LogP contribution in [0.5, 0.6) is 11.5 Å². The summed E-state index contributed by atoms with van der Waals surface area (Å²) in [6.45, 7) is 0.900. The van der Waals surface area contributed by atoms with Crippen molar-refractivity contribution in [2.75, 3.05) is 31.6 Å². The number of hydrogen-bond acceptors (Lipinski definition) is 6. The number of aromatic nitrogens is 1. The summed E-state index contributed by atoms with van der Waals surface area (Å²) in [6.07, 6.45) is -8.50. The number of hydrogen-bond donors (Lipinski definition) is 1. The number of anilines is 1. The van der Waals surface area contributed by atoms with Gasteiger partial charge in [-0.3, -0.25) is 19.4 Å². The predicted molar refractivity (Wildman–Crippen MR) is 138 cm³/mol. The lowest BCUT2D eigenvalue weighted by atomic mass is 10.0. The topological polar surface area (TPSA) is 101 Å². The van der Waals surface area contributed by atoms with E-state index in [1.165, 1.54) is 47.1 Å². The lowest BCUT2D eigenvalue weighted by Gasteiger charge is -2.39. The molecule has 0 aliphatic carbocycles. The number of halogens is 6. The smallest absolute Gasteiger partial charge is 0.483 e. The number of nitrogens with zero attached hydrogens (tertiary/aromatic N) is 3. The molecule has 5 rings (SSSR count). The van der Waals surface area contributed by atoms with Gasteiger partial charge in [-0.15, -0.1) is 13.2 Å². The lowest BCUT2D eigenvalue weighted by Crippen LogP contribution is -2.60. The minimum Gasteiger partial charge on any atom is -0.483 e. The molecule has 1 fully saturated rings. The molecular weight excluding hydrogens is 586 g/mol. The molecule has 1 saturated heterocycles. The standard InChI is InChI=1S/C28H22F6N4O5/c1-15-10-18(43-28(32,33)34)3-5-22(15)42-14-24(39)37-8-9-38-21(13-37)25(40)36-20-4-2-16(11-19(20)26(38)41)17-6-7-35-23(12-17)27(29,30)31/h2-7,10-12,21H,8-9,13-14H2,1H3,(H,36,40). The van der Waals surface area contributed by atoms with Crippen molar-refractivity contribution >= 4 is 23.4 Å². The van der Waals surface area contributed by atoms with Gasteiger partial charge in [-0.1, -0.05) is 6.07 Å². The molecule has 3 heterocycles. The maximum atomic E-state index is 13.5. The first-order chi connectivity index (χ1) is 20.2. The second kappa shape index (κ2) is 11.1. The fourth-order valence-electron chi connectivity index (χ4n) is 4.83. The molecule has 3 amide bonds. The first-order valence-corrected chi connectivity index (χ1v) is 12.8. The number of nitrogens with one attached hydrogen (secondary N) is 1. The van der Waals surface area contributed by atoms with Crippen LogP contribution in [0.2, 0.25) is 0 Å². The van der Waals surface area contributed by atoms with Crippen LogP contribution in [0.15, 0.2) is 54.7 Å². The minimum atomic E-state index is -4.86. The molecule has 0 radical (unpaired) electrons. The Morgan fingerprint density at radius 2 is 1.74 bits per heavy atom. The predicted octanol–water partition coefficient (Wildman–Crippen LogP) is 4.66. The van der Waals surface area contributed by atoms with Gasteiger partial charge in [0, 0.05) is 19.3 Å². The molecule has 43 heavy (non-hydrogen) atoms. The fraction of sp³-hybridized carbons (Fsp3) is 0.286. The van der Waals surface area contributed by atoms with E-state index in [2.05, 4.69) is 15.0 Å². The van der Waals surface area contributed by atoms with Crippen molar-refractivity contribution in [3.63, 3.8) is 0 Å². The summed E-state index contributed by atoms with van der Waals surface area (Å²) in [4.78, 5) is 45.5. The molecule has 2 aromatic carbocycles. The summed E-state index contributed by atoms with van der Waals surface area (Å²) < 4.78 is 86.2. The Hall–Kier alpha value is -4.82. The van der Waals surface area contributed by atoms with Gasteiger partial charge in [-0.05, 0) is 66.1 Å². The maximum Gasteiger partial charge on any atom is 0.573 e. The quantitative estimate of drug-likeness (QED) is 0.423. The molecule has 3 aromatic rings. The highest BCUT2D eigenvalue weighted by Crippen LogP contribution is 2.34. The van der Waals surface area contributed by atoms with Gasteiger partial charge < -0.3 is 24.6 Å². The summed E-state index contributed by atoms with van der Waals surface area (Å²) in [5.74, 6) is -1.89. The van der Waals surface area contributed by atoms with Crippen molar-refractivity contribution in [2.24, 2.45) is 0 Å². The van der Waals surface area contributed by atoms with Gasteiger partial charge in [-0.25, -0.2) is 0 Å². The van der Waals surface area contributed by atoms with E-state index in [-0.39, 0.29) is 42.2 Å². The Kier molecular flexibility index (Phi) is 7.67. The van der Waals surface area contributed by atoms with E-state index < -0.39 is 54.4 Å². The number of benzene rings is 2. The minimum absolute atomic E-state index is 0.0116. The summed E-state index contributed by atoms with van der Waals surface area (Å²) in [7, 11) is 0. The maximum absolute atomic E-state index is 13.5. The second-order valence-electron chi connectivity index (χ2n) is 9.80. The summed E-state index contributed by atoms with van der Waals surface area (Å²) in [5, 5.41) is 2.66. The number of ether oxygens (including phenoxy) is 2. The van der Waals surface area contributed by atoms with Crippen molar-refractivity contribution in [3.8, 4) is 22.6 Å². The molecule has 1 aromatic heterocycles. The van der Waals surface area contributed by atoms with Gasteiger partial charge in [0.1, 0.15) is 23.2 Å². The van der Waals surface area contributed by atoms with Crippen LogP contribution < -0.4 is 14.8 Å². The van der Waals surface area contributed by atoms with Gasteiger partial charge >= 0.3 is 12.5 Å². The molecule has 15 heteroatoms. The van der Waals surface area contributed by atoms with Crippen molar-refractivity contribution < 1.29 is 50.2 Å². The van der Waals surface area contributed by atoms with Crippen LogP contribution in [-0.4, -0.2) is 71.2 Å². The zero-order chi connectivity index (χ0) is 31.1. The third-order valence-electron chi connectivity index (χ3n) is 6.92. The van der Waals surface area contributed by atoms with E-state index >= 15 is 0 Å². The lowest BCUT2D eigenvalue weighted by molar-refractivity contribution is -0.274. The Morgan fingerprint density at radius 3 is 2.44 bits per heavy atom. The number of pyridine rings is 1. The Bertz CT molecular complexity index is 1590. The number of rotatable bonds is 5. The molecular formula is C28H22F6N4O5. The summed E-state index contributed by atoms with van der Waals surface area (Å²) in [6, 6.07) is 8.88. The monoisotopic (exact) mass is 608 g/mol. The zero-order valence-electron chi connectivity index (χ0n) is 22.3. The third-order valence-corrected chi connectivity index (χ3v) is 6.92. The second-order valence-corrected chi connectivity index (χ2v) is 9.80. The Morgan fingerprint density at radius 1 is 1.00 bits per heavy atom. The number of fused-ring (bicyclic) bond motifs is 2. The molecule has 2 aliphatic heterocycles.